The third-order valence-corrected chi connectivity index (χ3v) is 4.11. The van der Waals surface area contributed by atoms with Crippen molar-refractivity contribution in [3.05, 3.63) is 69.2 Å². The van der Waals surface area contributed by atoms with E-state index in [0.717, 1.165) is 5.56 Å². The molecule has 0 saturated heterocycles. The summed E-state index contributed by atoms with van der Waals surface area (Å²) in [5, 5.41) is 0.668. The lowest BCUT2D eigenvalue weighted by atomic mass is 9.87. The summed E-state index contributed by atoms with van der Waals surface area (Å²) in [5.74, 6) is -0.955. The first-order valence-corrected chi connectivity index (χ1v) is 8.20. The van der Waals surface area contributed by atoms with Crippen molar-refractivity contribution < 1.29 is 14.3 Å². The normalized spacial score (nSPS) is 11.2. The van der Waals surface area contributed by atoms with E-state index in [1.54, 1.807) is 18.2 Å². The van der Waals surface area contributed by atoms with Crippen molar-refractivity contribution in [2.75, 3.05) is 6.61 Å². The molecule has 0 amide bonds. The molecule has 0 heterocycles. The van der Waals surface area contributed by atoms with E-state index in [1.165, 1.54) is 12.1 Å². The van der Waals surface area contributed by atoms with Gasteiger partial charge in [0.15, 0.2) is 6.61 Å². The van der Waals surface area contributed by atoms with Gasteiger partial charge in [-0.3, -0.25) is 4.79 Å². The summed E-state index contributed by atoms with van der Waals surface area (Å²) in [6.07, 6.45) is 0. The number of halogens is 2. The Morgan fingerprint density at radius 3 is 2.21 bits per heavy atom. The van der Waals surface area contributed by atoms with Crippen LogP contribution in [0.3, 0.4) is 0 Å². The van der Waals surface area contributed by atoms with Gasteiger partial charge in [0, 0.05) is 10.6 Å². The van der Waals surface area contributed by atoms with Gasteiger partial charge in [-0.05, 0) is 41.3 Å². The maximum atomic E-state index is 12.1. The predicted octanol–water partition coefficient (Wildman–Crippen LogP) is 5.33. The number of hydrogen-bond donors (Lipinski definition) is 0. The minimum atomic E-state index is -0.554. The molecule has 2 aromatic carbocycles. The highest BCUT2D eigenvalue weighted by atomic mass is 35.5. The fourth-order valence-electron chi connectivity index (χ4n) is 2.11. The Morgan fingerprint density at radius 1 is 1.00 bits per heavy atom. The molecule has 0 aliphatic heterocycles. The van der Waals surface area contributed by atoms with Gasteiger partial charge >= 0.3 is 5.97 Å². The van der Waals surface area contributed by atoms with Crippen LogP contribution in [0.2, 0.25) is 10.0 Å². The van der Waals surface area contributed by atoms with Gasteiger partial charge in [0.2, 0.25) is 5.78 Å². The van der Waals surface area contributed by atoms with Crippen molar-refractivity contribution in [3.8, 4) is 0 Å². The molecule has 0 saturated carbocycles. The van der Waals surface area contributed by atoms with Crippen molar-refractivity contribution in [2.24, 2.45) is 0 Å². The first kappa shape index (κ1) is 18.5. The lowest BCUT2D eigenvalue weighted by Crippen LogP contribution is -2.15. The smallest absolute Gasteiger partial charge is 0.338 e. The van der Waals surface area contributed by atoms with Crippen molar-refractivity contribution in [1.82, 2.24) is 0 Å². The molecule has 2 aromatic rings. The lowest BCUT2D eigenvalue weighted by Gasteiger charge is -2.18. The van der Waals surface area contributed by atoms with E-state index in [4.69, 9.17) is 27.9 Å². The summed E-state index contributed by atoms with van der Waals surface area (Å²) in [6, 6.07) is 11.7. The van der Waals surface area contributed by atoms with Gasteiger partial charge in [-0.15, -0.1) is 0 Å². The highest BCUT2D eigenvalue weighted by molar-refractivity contribution is 6.36. The number of carbonyl (C=O) groups excluding carboxylic acids is 2. The molecule has 24 heavy (non-hydrogen) atoms. The molecule has 0 atom stereocenters. The molecule has 0 fully saturated rings. The highest BCUT2D eigenvalue weighted by Gasteiger charge is 2.17. The Balaban J connectivity index is 2.02. The molecule has 0 aliphatic carbocycles. The van der Waals surface area contributed by atoms with Crippen LogP contribution in [0.25, 0.3) is 0 Å². The van der Waals surface area contributed by atoms with E-state index >= 15 is 0 Å². The van der Waals surface area contributed by atoms with E-state index in [0.29, 0.717) is 10.6 Å². The lowest BCUT2D eigenvalue weighted by molar-refractivity contribution is 0.0474. The van der Waals surface area contributed by atoms with E-state index in [2.05, 4.69) is 20.8 Å². The second-order valence-electron chi connectivity index (χ2n) is 6.45. The van der Waals surface area contributed by atoms with Gasteiger partial charge in [0.25, 0.3) is 0 Å². The quantitative estimate of drug-likeness (QED) is 0.543. The van der Waals surface area contributed by atoms with Gasteiger partial charge in [0.1, 0.15) is 0 Å². The fraction of sp³-hybridized carbons (Fsp3) is 0.263. The summed E-state index contributed by atoms with van der Waals surface area (Å²) in [7, 11) is 0. The Morgan fingerprint density at radius 2 is 1.62 bits per heavy atom. The first-order chi connectivity index (χ1) is 11.2. The maximum Gasteiger partial charge on any atom is 0.338 e. The van der Waals surface area contributed by atoms with E-state index in [9.17, 15) is 9.59 Å². The number of carbonyl (C=O) groups is 2. The molecule has 2 rings (SSSR count). The monoisotopic (exact) mass is 364 g/mol. The van der Waals surface area contributed by atoms with Crippen LogP contribution in [0.4, 0.5) is 0 Å². The third kappa shape index (κ3) is 4.59. The van der Waals surface area contributed by atoms with Gasteiger partial charge in [-0.25, -0.2) is 4.79 Å². The largest absolute Gasteiger partial charge is 0.454 e. The number of rotatable bonds is 4. The zero-order valence-electron chi connectivity index (χ0n) is 13.7. The van der Waals surface area contributed by atoms with Crippen LogP contribution in [-0.2, 0) is 10.2 Å². The minimum absolute atomic E-state index is 0.00171. The van der Waals surface area contributed by atoms with Crippen molar-refractivity contribution in [3.63, 3.8) is 0 Å². The molecule has 0 radical (unpaired) electrons. The highest BCUT2D eigenvalue weighted by Crippen LogP contribution is 2.23. The number of ketones is 1. The number of ether oxygens (including phenoxy) is 1. The summed E-state index contributed by atoms with van der Waals surface area (Å²) < 4.78 is 5.07. The van der Waals surface area contributed by atoms with Crippen molar-refractivity contribution in [1.29, 1.82) is 0 Å². The molecule has 0 bridgehead atoms. The number of hydrogen-bond acceptors (Lipinski definition) is 3. The molecular formula is C19H18Cl2O3. The number of esters is 1. The van der Waals surface area contributed by atoms with Crippen LogP contribution < -0.4 is 0 Å². The van der Waals surface area contributed by atoms with Gasteiger partial charge < -0.3 is 4.74 Å². The van der Waals surface area contributed by atoms with Crippen molar-refractivity contribution >= 4 is 35.0 Å². The Kier molecular flexibility index (Phi) is 5.68. The molecule has 0 aliphatic rings. The van der Waals surface area contributed by atoms with E-state index in [-0.39, 0.29) is 22.6 Å². The van der Waals surface area contributed by atoms with Gasteiger partial charge in [-0.1, -0.05) is 56.1 Å². The summed E-state index contributed by atoms with van der Waals surface area (Å²) in [5.41, 5.74) is 1.75. The van der Waals surface area contributed by atoms with Crippen LogP contribution in [0.1, 0.15) is 47.1 Å². The average Bonchev–Trinajstić information content (AvgIpc) is 2.53. The topological polar surface area (TPSA) is 43.4 Å². The van der Waals surface area contributed by atoms with Crippen LogP contribution in [0, 0.1) is 0 Å². The minimum Gasteiger partial charge on any atom is -0.454 e. The number of benzene rings is 2. The van der Waals surface area contributed by atoms with E-state index in [1.807, 2.05) is 12.1 Å². The van der Waals surface area contributed by atoms with Crippen molar-refractivity contribution in [2.45, 2.75) is 26.2 Å². The fourth-order valence-corrected chi connectivity index (χ4v) is 2.50. The Bertz CT molecular complexity index is 759. The molecule has 0 aromatic heterocycles. The zero-order valence-corrected chi connectivity index (χ0v) is 15.2. The molecule has 0 unspecified atom stereocenters. The average molecular weight is 365 g/mol. The zero-order chi connectivity index (χ0) is 17.9. The second kappa shape index (κ2) is 7.37. The SMILES string of the molecule is CC(C)(C)c1ccc(C(=O)OCC(=O)c2cc(Cl)ccc2Cl)cc1. The molecule has 0 spiro atoms. The summed E-state index contributed by atoms with van der Waals surface area (Å²) >= 11 is 11.8. The van der Waals surface area contributed by atoms with E-state index < -0.39 is 11.8 Å². The van der Waals surface area contributed by atoms with Crippen LogP contribution in [0.5, 0.6) is 0 Å². The Labute approximate surface area is 151 Å². The molecule has 3 nitrogen and oxygen atoms in total. The van der Waals surface area contributed by atoms with Gasteiger partial charge in [0.05, 0.1) is 10.6 Å². The third-order valence-electron chi connectivity index (χ3n) is 3.55. The predicted molar refractivity (Wildman–Crippen MR) is 96.2 cm³/mol. The molecular weight excluding hydrogens is 347 g/mol. The molecule has 126 valence electrons. The Hall–Kier alpha value is -1.84. The van der Waals surface area contributed by atoms with Gasteiger partial charge in [-0.2, -0.15) is 0 Å². The van der Waals surface area contributed by atoms with Crippen LogP contribution >= 0.6 is 23.2 Å². The maximum absolute atomic E-state index is 12.1. The standard InChI is InChI=1S/C19H18Cl2O3/c1-19(2,3)13-6-4-12(5-7-13)18(23)24-11-17(22)15-10-14(20)8-9-16(15)21/h4-10H,11H2,1-3H3. The summed E-state index contributed by atoms with van der Waals surface area (Å²) in [4.78, 5) is 24.2. The second-order valence-corrected chi connectivity index (χ2v) is 7.29. The number of Topliss-reactive ketones (excluding diaryl/α,β-unsaturated/α-hetero) is 1. The van der Waals surface area contributed by atoms with Crippen LogP contribution in [0.15, 0.2) is 42.5 Å². The molecule has 5 heteroatoms. The first-order valence-electron chi connectivity index (χ1n) is 7.44. The summed E-state index contributed by atoms with van der Waals surface area (Å²) in [6.45, 7) is 5.88. The van der Waals surface area contributed by atoms with Crippen LogP contribution in [-0.4, -0.2) is 18.4 Å². The molecule has 0 N–H and O–H groups in total.